The second-order valence-corrected chi connectivity index (χ2v) is 3.63. The summed E-state index contributed by atoms with van der Waals surface area (Å²) < 4.78 is 36.9. The van der Waals surface area contributed by atoms with E-state index in [-0.39, 0.29) is 0 Å². The van der Waals surface area contributed by atoms with Crippen molar-refractivity contribution in [2.24, 2.45) is 4.99 Å². The maximum atomic E-state index is 12.3. The molecule has 0 unspecified atom stereocenters. The molecule has 2 nitrogen and oxygen atoms in total. The molecular weight excluding hydrogens is 217 g/mol. The van der Waals surface area contributed by atoms with Crippen molar-refractivity contribution in [3.8, 4) is 0 Å². The molecule has 2 rings (SSSR count). The van der Waals surface area contributed by atoms with Crippen LogP contribution in [0.2, 0.25) is 0 Å². The predicted octanol–water partition coefficient (Wildman–Crippen LogP) is 2.25. The lowest BCUT2D eigenvalue weighted by Crippen LogP contribution is -2.20. The number of halogens is 3. The van der Waals surface area contributed by atoms with E-state index in [4.69, 9.17) is 0 Å². The van der Waals surface area contributed by atoms with E-state index in [2.05, 4.69) is 10.3 Å². The molecule has 0 radical (unpaired) electrons. The maximum Gasteiger partial charge on any atom is 0.416 e. The summed E-state index contributed by atoms with van der Waals surface area (Å²) in [5, 5.41) is 3.08. The number of aliphatic imine (C=N–C) groups is 1. The lowest BCUT2D eigenvalue weighted by molar-refractivity contribution is -0.137. The van der Waals surface area contributed by atoms with Gasteiger partial charge in [0.1, 0.15) is 5.84 Å². The van der Waals surface area contributed by atoms with E-state index in [1.54, 1.807) is 0 Å². The summed E-state index contributed by atoms with van der Waals surface area (Å²) in [4.78, 5) is 4.19. The third kappa shape index (κ3) is 2.53. The lowest BCUT2D eigenvalue weighted by Gasteiger charge is -2.07. The lowest BCUT2D eigenvalue weighted by atomic mass is 10.1. The predicted molar refractivity (Wildman–Crippen MR) is 55.5 cm³/mol. The molecule has 16 heavy (non-hydrogen) atoms. The summed E-state index contributed by atoms with van der Waals surface area (Å²) >= 11 is 0. The maximum absolute atomic E-state index is 12.3. The van der Waals surface area contributed by atoms with Gasteiger partial charge in [0.25, 0.3) is 0 Å². The Hall–Kier alpha value is -1.52. The van der Waals surface area contributed by atoms with Gasteiger partial charge in [-0.25, -0.2) is 0 Å². The highest BCUT2D eigenvalue weighted by molar-refractivity contribution is 5.85. The molecule has 0 saturated heterocycles. The van der Waals surface area contributed by atoms with E-state index in [9.17, 15) is 13.2 Å². The Morgan fingerprint density at radius 1 is 1.19 bits per heavy atom. The van der Waals surface area contributed by atoms with E-state index in [1.165, 1.54) is 12.1 Å². The van der Waals surface area contributed by atoms with Crippen LogP contribution in [0.4, 0.5) is 13.2 Å². The molecule has 1 aromatic rings. The van der Waals surface area contributed by atoms with E-state index >= 15 is 0 Å². The largest absolute Gasteiger partial charge is 0.416 e. The SMILES string of the molecule is FC(F)(F)c1ccc(CC2=NCCN2)cc1. The van der Waals surface area contributed by atoms with Gasteiger partial charge in [0.2, 0.25) is 0 Å². The van der Waals surface area contributed by atoms with Crippen LogP contribution in [0.1, 0.15) is 11.1 Å². The molecule has 0 aromatic heterocycles. The quantitative estimate of drug-likeness (QED) is 0.824. The molecule has 86 valence electrons. The van der Waals surface area contributed by atoms with Crippen molar-refractivity contribution in [3.05, 3.63) is 35.4 Å². The van der Waals surface area contributed by atoms with Gasteiger partial charge in [0.15, 0.2) is 0 Å². The van der Waals surface area contributed by atoms with Crippen molar-refractivity contribution < 1.29 is 13.2 Å². The van der Waals surface area contributed by atoms with Crippen molar-refractivity contribution in [3.63, 3.8) is 0 Å². The minimum Gasteiger partial charge on any atom is -0.372 e. The van der Waals surface area contributed by atoms with Gasteiger partial charge in [0, 0.05) is 13.0 Å². The molecule has 0 aliphatic carbocycles. The Kier molecular flexibility index (Phi) is 2.85. The van der Waals surface area contributed by atoms with Crippen LogP contribution in [0.15, 0.2) is 29.3 Å². The minimum absolute atomic E-state index is 0.568. The van der Waals surface area contributed by atoms with Gasteiger partial charge in [0.05, 0.1) is 12.1 Å². The third-order valence-corrected chi connectivity index (χ3v) is 2.40. The first kappa shape index (κ1) is 11.0. The molecule has 1 aliphatic heterocycles. The highest BCUT2D eigenvalue weighted by atomic mass is 19.4. The number of hydrogen-bond acceptors (Lipinski definition) is 2. The van der Waals surface area contributed by atoms with Gasteiger partial charge in [-0.05, 0) is 17.7 Å². The molecule has 0 saturated carbocycles. The zero-order chi connectivity index (χ0) is 11.6. The zero-order valence-electron chi connectivity index (χ0n) is 8.51. The Morgan fingerprint density at radius 3 is 2.38 bits per heavy atom. The molecule has 0 amide bonds. The van der Waals surface area contributed by atoms with Gasteiger partial charge < -0.3 is 5.32 Å². The van der Waals surface area contributed by atoms with Gasteiger partial charge in [-0.15, -0.1) is 0 Å². The zero-order valence-corrected chi connectivity index (χ0v) is 8.51. The van der Waals surface area contributed by atoms with Crippen LogP contribution < -0.4 is 5.32 Å². The first-order valence-electron chi connectivity index (χ1n) is 4.99. The summed E-state index contributed by atoms with van der Waals surface area (Å²) in [7, 11) is 0. The fourth-order valence-electron chi connectivity index (χ4n) is 1.57. The van der Waals surface area contributed by atoms with Crippen LogP contribution in [0.25, 0.3) is 0 Å². The molecule has 0 atom stereocenters. The standard InChI is InChI=1S/C11H11F3N2/c12-11(13,14)9-3-1-8(2-4-9)7-10-15-5-6-16-10/h1-4H,5-7H2,(H,15,16). The highest BCUT2D eigenvalue weighted by Crippen LogP contribution is 2.29. The summed E-state index contributed by atoms with van der Waals surface area (Å²) in [5.41, 5.74) is 0.221. The first-order valence-corrected chi connectivity index (χ1v) is 4.99. The number of rotatable bonds is 2. The first-order chi connectivity index (χ1) is 7.55. The topological polar surface area (TPSA) is 24.4 Å². The Bertz CT molecular complexity index is 393. The van der Waals surface area contributed by atoms with Crippen LogP contribution in [-0.4, -0.2) is 18.9 Å². The average molecular weight is 228 g/mol. The number of benzene rings is 1. The smallest absolute Gasteiger partial charge is 0.372 e. The average Bonchev–Trinajstić information content (AvgIpc) is 2.70. The second kappa shape index (κ2) is 4.15. The van der Waals surface area contributed by atoms with Crippen molar-refractivity contribution >= 4 is 5.84 Å². The number of amidine groups is 1. The van der Waals surface area contributed by atoms with Gasteiger partial charge in [-0.3, -0.25) is 4.99 Å². The highest BCUT2D eigenvalue weighted by Gasteiger charge is 2.29. The van der Waals surface area contributed by atoms with Crippen LogP contribution in [-0.2, 0) is 12.6 Å². The van der Waals surface area contributed by atoms with Gasteiger partial charge >= 0.3 is 6.18 Å². The number of alkyl halides is 3. The van der Waals surface area contributed by atoms with Crippen LogP contribution in [0, 0.1) is 0 Å². The number of nitrogens with zero attached hydrogens (tertiary/aromatic N) is 1. The molecule has 1 aromatic carbocycles. The number of hydrogen-bond donors (Lipinski definition) is 1. The van der Waals surface area contributed by atoms with Crippen LogP contribution in [0.5, 0.6) is 0 Å². The molecule has 1 aliphatic rings. The van der Waals surface area contributed by atoms with Crippen LogP contribution in [0.3, 0.4) is 0 Å². The van der Waals surface area contributed by atoms with Crippen LogP contribution >= 0.6 is 0 Å². The normalized spacial score (nSPS) is 15.8. The van der Waals surface area contributed by atoms with Crippen molar-refractivity contribution in [2.45, 2.75) is 12.6 Å². The van der Waals surface area contributed by atoms with Crippen molar-refractivity contribution in [1.82, 2.24) is 5.32 Å². The van der Waals surface area contributed by atoms with Gasteiger partial charge in [-0.1, -0.05) is 12.1 Å². The second-order valence-electron chi connectivity index (χ2n) is 3.63. The summed E-state index contributed by atoms with van der Waals surface area (Å²) in [6.45, 7) is 1.56. The third-order valence-electron chi connectivity index (χ3n) is 2.40. The molecule has 1 N–H and O–H groups in total. The van der Waals surface area contributed by atoms with E-state index < -0.39 is 11.7 Å². The molecule has 5 heteroatoms. The monoisotopic (exact) mass is 228 g/mol. The van der Waals surface area contributed by atoms with E-state index in [0.29, 0.717) is 6.42 Å². The van der Waals surface area contributed by atoms with Gasteiger partial charge in [-0.2, -0.15) is 13.2 Å². The Morgan fingerprint density at radius 2 is 1.88 bits per heavy atom. The van der Waals surface area contributed by atoms with E-state index in [1.807, 2.05) is 0 Å². The molecule has 0 fully saturated rings. The summed E-state index contributed by atoms with van der Waals surface area (Å²) in [5.74, 6) is 0.847. The minimum atomic E-state index is -4.26. The molecule has 0 bridgehead atoms. The fourth-order valence-corrected chi connectivity index (χ4v) is 1.57. The fraction of sp³-hybridized carbons (Fsp3) is 0.364. The van der Waals surface area contributed by atoms with Crippen molar-refractivity contribution in [1.29, 1.82) is 0 Å². The summed E-state index contributed by atoms with van der Waals surface area (Å²) in [6.07, 6.45) is -3.69. The molecular formula is C11H11F3N2. The summed E-state index contributed by atoms with van der Waals surface area (Å²) in [6, 6.07) is 5.19. The number of nitrogens with one attached hydrogen (secondary N) is 1. The van der Waals surface area contributed by atoms with Crippen molar-refractivity contribution in [2.75, 3.05) is 13.1 Å². The van der Waals surface area contributed by atoms with E-state index in [0.717, 1.165) is 36.6 Å². The molecule has 1 heterocycles. The molecule has 0 spiro atoms. The Labute approximate surface area is 91.2 Å². The Balaban J connectivity index is 2.07.